The Morgan fingerprint density at radius 1 is 1.25 bits per heavy atom. The van der Waals surface area contributed by atoms with Crippen LogP contribution in [-0.4, -0.2) is 37.5 Å². The lowest BCUT2D eigenvalue weighted by Crippen LogP contribution is -2.16. The molecule has 0 saturated carbocycles. The quantitative estimate of drug-likeness (QED) is 0.158. The molecule has 24 heavy (non-hydrogen) atoms. The van der Waals surface area contributed by atoms with Crippen LogP contribution < -0.4 is 5.32 Å². The van der Waals surface area contributed by atoms with E-state index in [1.54, 1.807) is 13.0 Å². The second kappa shape index (κ2) is 11.9. The molecule has 1 unspecified atom stereocenters. The molecular formula is C17H25NO6. The SMILES string of the molecule is CCC(=O)/C(C=O)=C(O)/C=C(\OC)C(C)CC/C=C/NC(=O)OC. The number of aliphatic hydroxyl groups excluding tert-OH is 1. The van der Waals surface area contributed by atoms with Crippen molar-refractivity contribution in [2.75, 3.05) is 14.2 Å². The standard InChI is InChI=1S/C17H25NO6/c1-5-14(20)13(11-19)15(21)10-16(23-3)12(2)8-6-7-9-18-17(22)24-4/h7,9-12,21H,5-6,8H2,1-4H3,(H,18,22)/b9-7+,15-13-,16-10-. The molecule has 0 rings (SSSR count). The number of ether oxygens (including phenoxy) is 2. The summed E-state index contributed by atoms with van der Waals surface area (Å²) in [5.41, 5.74) is -0.263. The van der Waals surface area contributed by atoms with E-state index in [-0.39, 0.29) is 17.9 Å². The van der Waals surface area contributed by atoms with Gasteiger partial charge >= 0.3 is 6.09 Å². The smallest absolute Gasteiger partial charge is 0.410 e. The molecule has 0 radical (unpaired) electrons. The number of allylic oxidation sites excluding steroid dienone is 4. The van der Waals surface area contributed by atoms with Gasteiger partial charge in [0.15, 0.2) is 12.1 Å². The fourth-order valence-electron chi connectivity index (χ4n) is 1.83. The summed E-state index contributed by atoms with van der Waals surface area (Å²) in [5, 5.41) is 12.4. The normalized spacial score (nSPS) is 13.9. The zero-order chi connectivity index (χ0) is 18.5. The van der Waals surface area contributed by atoms with Crippen molar-refractivity contribution in [2.45, 2.75) is 33.1 Å². The summed E-state index contributed by atoms with van der Waals surface area (Å²) in [6.07, 6.45) is 5.77. The molecule has 0 aromatic heterocycles. The lowest BCUT2D eigenvalue weighted by molar-refractivity contribution is -0.117. The molecule has 0 fully saturated rings. The Hall–Kier alpha value is -2.57. The van der Waals surface area contributed by atoms with Gasteiger partial charge in [0.2, 0.25) is 0 Å². The number of ketones is 1. The Bertz CT molecular complexity index is 533. The number of amides is 1. The molecule has 0 saturated heterocycles. The summed E-state index contributed by atoms with van der Waals surface area (Å²) < 4.78 is 9.65. The highest BCUT2D eigenvalue weighted by Crippen LogP contribution is 2.20. The van der Waals surface area contributed by atoms with Gasteiger partial charge in [-0.2, -0.15) is 0 Å². The molecule has 2 N–H and O–H groups in total. The molecular weight excluding hydrogens is 314 g/mol. The van der Waals surface area contributed by atoms with Crippen LogP contribution in [0.1, 0.15) is 33.1 Å². The van der Waals surface area contributed by atoms with Crippen molar-refractivity contribution in [3.8, 4) is 0 Å². The predicted octanol–water partition coefficient (Wildman–Crippen LogP) is 2.79. The molecule has 0 aliphatic carbocycles. The fourth-order valence-corrected chi connectivity index (χ4v) is 1.83. The van der Waals surface area contributed by atoms with Crippen LogP contribution in [-0.2, 0) is 19.1 Å². The molecule has 0 bridgehead atoms. The fraction of sp³-hybridized carbons (Fsp3) is 0.471. The Kier molecular flexibility index (Phi) is 10.6. The van der Waals surface area contributed by atoms with Crippen LogP contribution in [0.25, 0.3) is 0 Å². The summed E-state index contributed by atoms with van der Waals surface area (Å²) in [6.45, 7) is 3.49. The zero-order valence-electron chi connectivity index (χ0n) is 14.5. The third-order valence-corrected chi connectivity index (χ3v) is 3.29. The van der Waals surface area contributed by atoms with Crippen LogP contribution >= 0.6 is 0 Å². The maximum absolute atomic E-state index is 11.6. The molecule has 1 atom stereocenters. The van der Waals surface area contributed by atoms with E-state index in [0.29, 0.717) is 24.9 Å². The van der Waals surface area contributed by atoms with Crippen molar-refractivity contribution < 1.29 is 29.0 Å². The number of hydrogen-bond donors (Lipinski definition) is 2. The van der Waals surface area contributed by atoms with Crippen molar-refractivity contribution in [1.82, 2.24) is 5.32 Å². The molecule has 0 aliphatic heterocycles. The van der Waals surface area contributed by atoms with E-state index in [1.807, 2.05) is 6.92 Å². The number of aliphatic hydroxyl groups is 1. The highest BCUT2D eigenvalue weighted by molar-refractivity contribution is 6.12. The molecule has 0 spiro atoms. The van der Waals surface area contributed by atoms with Crippen LogP contribution in [0.4, 0.5) is 4.79 Å². The van der Waals surface area contributed by atoms with Crippen molar-refractivity contribution >= 4 is 18.2 Å². The van der Waals surface area contributed by atoms with Gasteiger partial charge in [-0.25, -0.2) is 4.79 Å². The summed E-state index contributed by atoms with van der Waals surface area (Å²) in [5.74, 6) is -0.447. The van der Waals surface area contributed by atoms with Crippen molar-refractivity contribution in [3.05, 3.63) is 35.4 Å². The number of Topliss-reactive ketones (excluding diaryl/α,β-unsaturated/α-hetero) is 1. The summed E-state index contributed by atoms with van der Waals surface area (Å²) in [4.78, 5) is 33.4. The molecule has 134 valence electrons. The average molecular weight is 339 g/mol. The van der Waals surface area contributed by atoms with Gasteiger partial charge in [-0.05, 0) is 12.8 Å². The molecule has 0 aromatic carbocycles. The number of aldehydes is 1. The largest absolute Gasteiger partial charge is 0.507 e. The topological polar surface area (TPSA) is 102 Å². The maximum atomic E-state index is 11.6. The lowest BCUT2D eigenvalue weighted by Gasteiger charge is -2.14. The Morgan fingerprint density at radius 2 is 1.92 bits per heavy atom. The first-order valence-electron chi connectivity index (χ1n) is 7.57. The second-order valence-electron chi connectivity index (χ2n) is 4.96. The van der Waals surface area contributed by atoms with Gasteiger partial charge in [-0.3, -0.25) is 14.9 Å². The number of nitrogens with one attached hydrogen (secondary N) is 1. The highest BCUT2D eigenvalue weighted by Gasteiger charge is 2.14. The maximum Gasteiger partial charge on any atom is 0.410 e. The van der Waals surface area contributed by atoms with Crippen LogP contribution in [0.5, 0.6) is 0 Å². The molecule has 0 aliphatic rings. The highest BCUT2D eigenvalue weighted by atomic mass is 16.5. The van der Waals surface area contributed by atoms with E-state index in [2.05, 4.69) is 10.1 Å². The van der Waals surface area contributed by atoms with Gasteiger partial charge in [0, 0.05) is 24.6 Å². The number of hydrogen-bond acceptors (Lipinski definition) is 6. The van der Waals surface area contributed by atoms with Crippen LogP contribution in [0, 0.1) is 5.92 Å². The van der Waals surface area contributed by atoms with Crippen molar-refractivity contribution in [1.29, 1.82) is 0 Å². The van der Waals surface area contributed by atoms with E-state index >= 15 is 0 Å². The number of methoxy groups -OCH3 is 2. The monoisotopic (exact) mass is 339 g/mol. The van der Waals surface area contributed by atoms with Gasteiger partial charge < -0.3 is 14.6 Å². The molecule has 7 nitrogen and oxygen atoms in total. The Labute approximate surface area is 142 Å². The van der Waals surface area contributed by atoms with Crippen LogP contribution in [0.15, 0.2) is 35.4 Å². The number of carbonyl (C=O) groups excluding carboxylic acids is 3. The van der Waals surface area contributed by atoms with E-state index in [9.17, 15) is 19.5 Å². The van der Waals surface area contributed by atoms with Crippen molar-refractivity contribution in [2.24, 2.45) is 5.92 Å². The Morgan fingerprint density at radius 3 is 2.42 bits per heavy atom. The molecule has 1 amide bonds. The Balaban J connectivity index is 4.87. The third kappa shape index (κ3) is 7.62. The first kappa shape index (κ1) is 21.4. The third-order valence-electron chi connectivity index (χ3n) is 3.29. The minimum absolute atomic E-state index is 0.0652. The summed E-state index contributed by atoms with van der Waals surface area (Å²) in [7, 11) is 2.73. The van der Waals surface area contributed by atoms with E-state index in [4.69, 9.17) is 4.74 Å². The van der Waals surface area contributed by atoms with Crippen LogP contribution in [0.3, 0.4) is 0 Å². The summed E-state index contributed by atoms with van der Waals surface area (Å²) in [6, 6.07) is 0. The van der Waals surface area contributed by atoms with Gasteiger partial charge in [0.05, 0.1) is 19.8 Å². The second-order valence-corrected chi connectivity index (χ2v) is 4.96. The van der Waals surface area contributed by atoms with Gasteiger partial charge in [-0.1, -0.05) is 19.9 Å². The summed E-state index contributed by atoms with van der Waals surface area (Å²) >= 11 is 0. The number of alkyl carbamates (subject to hydrolysis) is 1. The minimum atomic E-state index is -0.547. The predicted molar refractivity (Wildman–Crippen MR) is 89.2 cm³/mol. The molecule has 0 aromatic rings. The van der Waals surface area contributed by atoms with E-state index < -0.39 is 17.6 Å². The number of carbonyl (C=O) groups is 3. The van der Waals surface area contributed by atoms with E-state index in [0.717, 1.165) is 0 Å². The molecule has 7 heteroatoms. The lowest BCUT2D eigenvalue weighted by atomic mass is 10.0. The number of rotatable bonds is 10. The molecule has 0 heterocycles. The van der Waals surface area contributed by atoms with Gasteiger partial charge in [0.25, 0.3) is 0 Å². The van der Waals surface area contributed by atoms with Gasteiger partial charge in [0.1, 0.15) is 11.5 Å². The van der Waals surface area contributed by atoms with Gasteiger partial charge in [-0.15, -0.1) is 0 Å². The zero-order valence-corrected chi connectivity index (χ0v) is 14.5. The average Bonchev–Trinajstić information content (AvgIpc) is 2.58. The van der Waals surface area contributed by atoms with Crippen molar-refractivity contribution in [3.63, 3.8) is 0 Å². The first-order valence-corrected chi connectivity index (χ1v) is 7.57. The van der Waals surface area contributed by atoms with Crippen LogP contribution in [0.2, 0.25) is 0 Å². The first-order chi connectivity index (χ1) is 11.4. The van der Waals surface area contributed by atoms with E-state index in [1.165, 1.54) is 26.5 Å². The minimum Gasteiger partial charge on any atom is -0.507 e.